The third-order valence-electron chi connectivity index (χ3n) is 4.58. The second-order valence-electron chi connectivity index (χ2n) is 6.27. The molecule has 0 unspecified atom stereocenters. The first-order chi connectivity index (χ1) is 12.6. The number of hydrogen-bond acceptors (Lipinski definition) is 3. The maximum atomic E-state index is 12.7. The average Bonchev–Trinajstić information content (AvgIpc) is 2.69. The van der Waals surface area contributed by atoms with E-state index in [0.29, 0.717) is 34.9 Å². The van der Waals surface area contributed by atoms with Crippen LogP contribution in [0.15, 0.2) is 48.5 Å². The zero-order chi connectivity index (χ0) is 18.5. The number of carbonyl (C=O) groups excluding carboxylic acids is 2. The molecule has 0 saturated carbocycles. The van der Waals surface area contributed by atoms with Crippen LogP contribution in [0.5, 0.6) is 0 Å². The van der Waals surface area contributed by atoms with Crippen molar-refractivity contribution >= 4 is 29.1 Å². The van der Waals surface area contributed by atoms with Crippen LogP contribution in [-0.4, -0.2) is 54.3 Å². The Bertz CT molecular complexity index is 784. The second kappa shape index (κ2) is 8.34. The van der Waals surface area contributed by atoms with Crippen LogP contribution < -0.4 is 5.32 Å². The van der Waals surface area contributed by atoms with Gasteiger partial charge in [0.1, 0.15) is 0 Å². The molecule has 26 heavy (non-hydrogen) atoms. The monoisotopic (exact) mass is 371 g/mol. The number of nitrogens with zero attached hydrogens (tertiary/aromatic N) is 2. The van der Waals surface area contributed by atoms with Crippen molar-refractivity contribution in [3.8, 4) is 0 Å². The number of halogens is 1. The Balaban J connectivity index is 1.68. The lowest BCUT2D eigenvalue weighted by atomic mass is 10.1. The van der Waals surface area contributed by atoms with E-state index >= 15 is 0 Å². The number of rotatable bonds is 4. The van der Waals surface area contributed by atoms with Crippen molar-refractivity contribution in [2.24, 2.45) is 0 Å². The van der Waals surface area contributed by atoms with Crippen molar-refractivity contribution < 1.29 is 9.59 Å². The highest BCUT2D eigenvalue weighted by atomic mass is 35.5. The van der Waals surface area contributed by atoms with E-state index in [9.17, 15) is 9.59 Å². The van der Waals surface area contributed by atoms with Gasteiger partial charge in [-0.05, 0) is 49.0 Å². The minimum atomic E-state index is -0.252. The molecule has 0 radical (unpaired) electrons. The standard InChI is InChI=1S/C20H22ClN3O2/c1-2-23-10-12-24(13-11-23)20(26)16-5-3-4-15(14-16)19(25)22-18-8-6-17(21)7-9-18/h3-9,14H,2,10-13H2,1H3,(H,22,25). The van der Waals surface area contributed by atoms with Crippen LogP contribution in [-0.2, 0) is 0 Å². The van der Waals surface area contributed by atoms with Crippen LogP contribution in [0.2, 0.25) is 5.02 Å². The number of anilines is 1. The van der Waals surface area contributed by atoms with Crippen molar-refractivity contribution in [3.63, 3.8) is 0 Å². The molecule has 6 heteroatoms. The van der Waals surface area contributed by atoms with Crippen molar-refractivity contribution in [2.75, 3.05) is 38.0 Å². The minimum Gasteiger partial charge on any atom is -0.336 e. The molecule has 2 amide bonds. The van der Waals surface area contributed by atoms with Gasteiger partial charge in [-0.3, -0.25) is 9.59 Å². The molecule has 1 heterocycles. The van der Waals surface area contributed by atoms with E-state index in [4.69, 9.17) is 11.6 Å². The fraction of sp³-hybridized carbons (Fsp3) is 0.300. The summed E-state index contributed by atoms with van der Waals surface area (Å²) in [6, 6.07) is 13.8. The highest BCUT2D eigenvalue weighted by molar-refractivity contribution is 6.30. The molecule has 0 bridgehead atoms. The molecule has 0 atom stereocenters. The summed E-state index contributed by atoms with van der Waals surface area (Å²) >= 11 is 5.86. The van der Waals surface area contributed by atoms with Crippen LogP contribution in [0.4, 0.5) is 5.69 Å². The molecule has 136 valence electrons. The maximum absolute atomic E-state index is 12.7. The Morgan fingerprint density at radius 2 is 1.65 bits per heavy atom. The lowest BCUT2D eigenvalue weighted by Crippen LogP contribution is -2.48. The lowest BCUT2D eigenvalue weighted by molar-refractivity contribution is 0.0643. The van der Waals surface area contributed by atoms with E-state index < -0.39 is 0 Å². The molecule has 2 aromatic rings. The molecule has 1 saturated heterocycles. The molecule has 0 aliphatic carbocycles. The molecule has 0 aromatic heterocycles. The minimum absolute atomic E-state index is 0.0260. The predicted octanol–water partition coefficient (Wildman–Crippen LogP) is 3.37. The molecule has 1 aliphatic rings. The summed E-state index contributed by atoms with van der Waals surface area (Å²) in [6.45, 7) is 6.34. The molecule has 5 nitrogen and oxygen atoms in total. The third-order valence-corrected chi connectivity index (χ3v) is 4.83. The SMILES string of the molecule is CCN1CCN(C(=O)c2cccc(C(=O)Nc3ccc(Cl)cc3)c2)CC1. The van der Waals surface area contributed by atoms with Gasteiger partial charge in [0.25, 0.3) is 11.8 Å². The van der Waals surface area contributed by atoms with Crippen molar-refractivity contribution in [1.82, 2.24) is 9.80 Å². The number of benzene rings is 2. The summed E-state index contributed by atoms with van der Waals surface area (Å²) < 4.78 is 0. The van der Waals surface area contributed by atoms with Crippen LogP contribution in [0.3, 0.4) is 0 Å². The topological polar surface area (TPSA) is 52.7 Å². The van der Waals surface area contributed by atoms with Gasteiger partial charge < -0.3 is 15.1 Å². The number of amides is 2. The Hall–Kier alpha value is -2.37. The van der Waals surface area contributed by atoms with Gasteiger partial charge in [0, 0.05) is 48.0 Å². The van der Waals surface area contributed by atoms with Gasteiger partial charge in [0.05, 0.1) is 0 Å². The zero-order valence-electron chi connectivity index (χ0n) is 14.7. The van der Waals surface area contributed by atoms with Gasteiger partial charge in [-0.15, -0.1) is 0 Å². The first-order valence-electron chi connectivity index (χ1n) is 8.75. The summed E-state index contributed by atoms with van der Waals surface area (Å²) in [4.78, 5) is 29.4. The Labute approximate surface area is 158 Å². The number of likely N-dealkylation sites (N-methyl/N-ethyl adjacent to an activating group) is 1. The number of hydrogen-bond donors (Lipinski definition) is 1. The Morgan fingerprint density at radius 1 is 1.00 bits per heavy atom. The normalized spacial score (nSPS) is 14.9. The molecule has 1 fully saturated rings. The lowest BCUT2D eigenvalue weighted by Gasteiger charge is -2.34. The van der Waals surface area contributed by atoms with Gasteiger partial charge in [-0.2, -0.15) is 0 Å². The zero-order valence-corrected chi connectivity index (χ0v) is 15.5. The summed E-state index contributed by atoms with van der Waals surface area (Å²) in [7, 11) is 0. The van der Waals surface area contributed by atoms with Gasteiger partial charge in [0.15, 0.2) is 0 Å². The van der Waals surface area contributed by atoms with E-state index in [0.717, 1.165) is 19.6 Å². The van der Waals surface area contributed by atoms with Crippen molar-refractivity contribution in [1.29, 1.82) is 0 Å². The molecule has 2 aromatic carbocycles. The summed E-state index contributed by atoms with van der Waals surface area (Å²) in [6.07, 6.45) is 0. The van der Waals surface area contributed by atoms with E-state index in [1.54, 1.807) is 48.5 Å². The average molecular weight is 372 g/mol. The second-order valence-corrected chi connectivity index (χ2v) is 6.70. The smallest absolute Gasteiger partial charge is 0.255 e. The fourth-order valence-corrected chi connectivity index (χ4v) is 3.11. The molecular weight excluding hydrogens is 350 g/mol. The quantitative estimate of drug-likeness (QED) is 0.896. The van der Waals surface area contributed by atoms with E-state index in [1.807, 2.05) is 4.90 Å². The highest BCUT2D eigenvalue weighted by Crippen LogP contribution is 2.16. The Kier molecular flexibility index (Phi) is 5.91. The maximum Gasteiger partial charge on any atom is 0.255 e. The first kappa shape index (κ1) is 18.4. The number of piperazine rings is 1. The summed E-state index contributed by atoms with van der Waals surface area (Å²) in [5, 5.41) is 3.43. The van der Waals surface area contributed by atoms with Gasteiger partial charge in [-0.1, -0.05) is 24.6 Å². The number of carbonyl (C=O) groups is 2. The van der Waals surface area contributed by atoms with Gasteiger partial charge in [-0.25, -0.2) is 0 Å². The van der Waals surface area contributed by atoms with E-state index in [1.165, 1.54) is 0 Å². The van der Waals surface area contributed by atoms with Gasteiger partial charge >= 0.3 is 0 Å². The molecular formula is C20H22ClN3O2. The summed E-state index contributed by atoms with van der Waals surface area (Å²) in [5.74, 6) is -0.278. The highest BCUT2D eigenvalue weighted by Gasteiger charge is 2.22. The molecule has 1 aliphatic heterocycles. The number of nitrogens with one attached hydrogen (secondary N) is 1. The van der Waals surface area contributed by atoms with Crippen LogP contribution >= 0.6 is 11.6 Å². The molecule has 0 spiro atoms. The third kappa shape index (κ3) is 4.42. The first-order valence-corrected chi connectivity index (χ1v) is 9.13. The molecule has 1 N–H and O–H groups in total. The molecule has 3 rings (SSSR count). The fourth-order valence-electron chi connectivity index (χ4n) is 2.98. The largest absolute Gasteiger partial charge is 0.336 e. The predicted molar refractivity (Wildman–Crippen MR) is 104 cm³/mol. The van der Waals surface area contributed by atoms with Crippen LogP contribution in [0.25, 0.3) is 0 Å². The van der Waals surface area contributed by atoms with E-state index in [-0.39, 0.29) is 11.8 Å². The van der Waals surface area contributed by atoms with Crippen LogP contribution in [0.1, 0.15) is 27.6 Å². The van der Waals surface area contributed by atoms with E-state index in [2.05, 4.69) is 17.1 Å². The van der Waals surface area contributed by atoms with Crippen molar-refractivity contribution in [3.05, 3.63) is 64.7 Å². The Morgan fingerprint density at radius 3 is 2.31 bits per heavy atom. The van der Waals surface area contributed by atoms with Crippen molar-refractivity contribution in [2.45, 2.75) is 6.92 Å². The summed E-state index contributed by atoms with van der Waals surface area (Å²) in [5.41, 5.74) is 1.66. The van der Waals surface area contributed by atoms with Crippen LogP contribution in [0, 0.1) is 0 Å². The van der Waals surface area contributed by atoms with Gasteiger partial charge in [0.2, 0.25) is 0 Å².